The summed E-state index contributed by atoms with van der Waals surface area (Å²) in [6.07, 6.45) is 3.58. The predicted molar refractivity (Wildman–Crippen MR) is 145 cm³/mol. The zero-order valence-electron chi connectivity index (χ0n) is 20.8. The Labute approximate surface area is 218 Å². The van der Waals surface area contributed by atoms with Crippen LogP contribution in [0.3, 0.4) is 0 Å². The zero-order chi connectivity index (χ0) is 24.7. The number of carbonyl (C=O) groups is 1. The summed E-state index contributed by atoms with van der Waals surface area (Å²) in [4.78, 5) is 21.7. The molecule has 2 unspecified atom stereocenters. The van der Waals surface area contributed by atoms with Crippen molar-refractivity contribution in [3.63, 3.8) is 0 Å². The summed E-state index contributed by atoms with van der Waals surface area (Å²) in [5, 5.41) is 3.63. The molecule has 3 atom stereocenters. The Hall–Kier alpha value is -2.71. The first-order chi connectivity index (χ1) is 17.7. The van der Waals surface area contributed by atoms with Gasteiger partial charge in [-0.25, -0.2) is 0 Å². The lowest BCUT2D eigenvalue weighted by atomic mass is 10.0. The van der Waals surface area contributed by atoms with Crippen molar-refractivity contribution in [2.75, 3.05) is 45.1 Å². The quantitative estimate of drug-likeness (QED) is 0.502. The maximum absolute atomic E-state index is 13.1. The van der Waals surface area contributed by atoms with E-state index < -0.39 is 0 Å². The maximum atomic E-state index is 13.1. The van der Waals surface area contributed by atoms with Crippen molar-refractivity contribution in [3.8, 4) is 0 Å². The molecule has 1 amide bonds. The van der Waals surface area contributed by atoms with Crippen molar-refractivity contribution >= 4 is 17.7 Å². The third-order valence-corrected chi connectivity index (χ3v) is 8.19. The van der Waals surface area contributed by atoms with E-state index in [4.69, 9.17) is 4.74 Å². The van der Waals surface area contributed by atoms with E-state index in [-0.39, 0.29) is 23.4 Å². The lowest BCUT2D eigenvalue weighted by Crippen LogP contribution is -2.54. The van der Waals surface area contributed by atoms with E-state index in [0.29, 0.717) is 6.61 Å². The Bertz CT molecular complexity index is 1110. The highest BCUT2D eigenvalue weighted by molar-refractivity contribution is 7.99. The van der Waals surface area contributed by atoms with Gasteiger partial charge in [0.25, 0.3) is 0 Å². The number of hydrogen-bond donors (Lipinski definition) is 1. The molecule has 0 radical (unpaired) electrons. The standard InChI is InChI=1S/C29H34N4O2S/c1-22-9-11-24(12-10-22)27(23-6-3-2-4-7-23)35-19-18-32-14-16-33(17-15-32)29(34)26-21-36-28(31-26)25-8-5-13-30-20-25/h2-13,20,26-28,31H,14-19,21H2,1H3/t26-,27?,28?/m0/s1. The first-order valence-corrected chi connectivity index (χ1v) is 13.7. The zero-order valence-corrected chi connectivity index (χ0v) is 21.6. The summed E-state index contributed by atoms with van der Waals surface area (Å²) < 4.78 is 6.43. The molecule has 6 nitrogen and oxygen atoms in total. The monoisotopic (exact) mass is 502 g/mol. The molecule has 2 aliphatic rings. The van der Waals surface area contributed by atoms with Gasteiger partial charge in [-0.3, -0.25) is 20.0 Å². The predicted octanol–water partition coefficient (Wildman–Crippen LogP) is 4.04. The Morgan fingerprint density at radius 2 is 1.78 bits per heavy atom. The fourth-order valence-electron chi connectivity index (χ4n) is 4.80. The molecule has 2 aromatic carbocycles. The van der Waals surface area contributed by atoms with Crippen LogP contribution in [0.15, 0.2) is 79.1 Å². The second kappa shape index (κ2) is 12.0. The van der Waals surface area contributed by atoms with Crippen molar-refractivity contribution in [1.29, 1.82) is 0 Å². The Kier molecular flexibility index (Phi) is 8.33. The number of piperazine rings is 1. The second-order valence-electron chi connectivity index (χ2n) is 9.46. The van der Waals surface area contributed by atoms with Gasteiger partial charge in [0.1, 0.15) is 6.10 Å². The largest absolute Gasteiger partial charge is 0.367 e. The van der Waals surface area contributed by atoms with E-state index in [9.17, 15) is 4.79 Å². The van der Waals surface area contributed by atoms with Crippen LogP contribution in [-0.4, -0.2) is 71.8 Å². The summed E-state index contributed by atoms with van der Waals surface area (Å²) in [5.74, 6) is 1.01. The minimum atomic E-state index is -0.128. The summed E-state index contributed by atoms with van der Waals surface area (Å²) in [6, 6.07) is 22.9. The minimum Gasteiger partial charge on any atom is -0.367 e. The molecule has 2 saturated heterocycles. The molecular weight excluding hydrogens is 468 g/mol. The molecule has 36 heavy (non-hydrogen) atoms. The first kappa shape index (κ1) is 25.0. The van der Waals surface area contributed by atoms with Crippen LogP contribution in [0.5, 0.6) is 0 Å². The van der Waals surface area contributed by atoms with E-state index in [1.165, 1.54) is 16.7 Å². The normalized spacial score (nSPS) is 21.4. The number of aryl methyl sites for hydroxylation is 1. The van der Waals surface area contributed by atoms with E-state index in [1.807, 2.05) is 23.2 Å². The van der Waals surface area contributed by atoms with Crippen molar-refractivity contribution in [3.05, 3.63) is 101 Å². The van der Waals surface area contributed by atoms with Crippen molar-refractivity contribution in [2.24, 2.45) is 0 Å². The molecule has 0 aliphatic carbocycles. The molecule has 2 fully saturated rings. The van der Waals surface area contributed by atoms with Gasteiger partial charge in [0, 0.05) is 50.9 Å². The van der Waals surface area contributed by atoms with Gasteiger partial charge >= 0.3 is 0 Å². The molecule has 0 spiro atoms. The number of ether oxygens (including phenoxy) is 1. The summed E-state index contributed by atoms with van der Waals surface area (Å²) in [7, 11) is 0. The van der Waals surface area contributed by atoms with E-state index in [2.05, 4.69) is 76.7 Å². The van der Waals surface area contributed by atoms with E-state index in [0.717, 1.165) is 44.0 Å². The number of rotatable bonds is 8. The van der Waals surface area contributed by atoms with Crippen molar-refractivity contribution < 1.29 is 9.53 Å². The van der Waals surface area contributed by atoms with Crippen LogP contribution in [0, 0.1) is 6.92 Å². The molecule has 7 heteroatoms. The van der Waals surface area contributed by atoms with Crippen LogP contribution < -0.4 is 5.32 Å². The SMILES string of the molecule is Cc1ccc(C(OCCN2CCN(C(=O)[C@@H]3CSC(c4cccnc4)N3)CC2)c2ccccc2)cc1. The molecule has 0 bridgehead atoms. The topological polar surface area (TPSA) is 57.7 Å². The number of carbonyl (C=O) groups excluding carboxylic acids is 1. The van der Waals surface area contributed by atoms with Gasteiger partial charge in [-0.1, -0.05) is 66.2 Å². The number of benzene rings is 2. The lowest BCUT2D eigenvalue weighted by molar-refractivity contribution is -0.134. The number of pyridine rings is 1. The highest BCUT2D eigenvalue weighted by Gasteiger charge is 2.34. The van der Waals surface area contributed by atoms with Gasteiger partial charge in [-0.15, -0.1) is 11.8 Å². The smallest absolute Gasteiger partial charge is 0.240 e. The van der Waals surface area contributed by atoms with Crippen LogP contribution in [0.2, 0.25) is 0 Å². The summed E-state index contributed by atoms with van der Waals surface area (Å²) in [6.45, 7) is 6.89. The molecule has 188 valence electrons. The molecule has 1 N–H and O–H groups in total. The van der Waals surface area contributed by atoms with Gasteiger partial charge in [0.15, 0.2) is 0 Å². The third-order valence-electron chi connectivity index (χ3n) is 6.93. The van der Waals surface area contributed by atoms with Crippen LogP contribution in [0.1, 0.15) is 33.7 Å². The molecule has 3 heterocycles. The van der Waals surface area contributed by atoms with Crippen molar-refractivity contribution in [2.45, 2.75) is 24.4 Å². The molecule has 0 saturated carbocycles. The summed E-state index contributed by atoms with van der Waals surface area (Å²) >= 11 is 1.78. The van der Waals surface area contributed by atoms with E-state index >= 15 is 0 Å². The Morgan fingerprint density at radius 3 is 2.50 bits per heavy atom. The number of nitrogens with one attached hydrogen (secondary N) is 1. The Morgan fingerprint density at radius 1 is 1.03 bits per heavy atom. The fourth-order valence-corrected chi connectivity index (χ4v) is 6.02. The van der Waals surface area contributed by atoms with Crippen LogP contribution in [0.4, 0.5) is 0 Å². The van der Waals surface area contributed by atoms with E-state index in [1.54, 1.807) is 18.0 Å². The number of thioether (sulfide) groups is 1. The Balaban J connectivity index is 1.09. The number of amides is 1. The molecular formula is C29H34N4O2S. The number of aromatic nitrogens is 1. The van der Waals surface area contributed by atoms with Crippen LogP contribution >= 0.6 is 11.8 Å². The average Bonchev–Trinajstić information content (AvgIpc) is 3.43. The first-order valence-electron chi connectivity index (χ1n) is 12.7. The molecule has 1 aromatic heterocycles. The van der Waals surface area contributed by atoms with Gasteiger partial charge in [0.2, 0.25) is 5.91 Å². The third kappa shape index (κ3) is 6.16. The molecule has 5 rings (SSSR count). The van der Waals surface area contributed by atoms with Crippen molar-refractivity contribution in [1.82, 2.24) is 20.1 Å². The van der Waals surface area contributed by atoms with Gasteiger partial charge < -0.3 is 9.64 Å². The van der Waals surface area contributed by atoms with Gasteiger partial charge in [0.05, 0.1) is 18.0 Å². The summed E-state index contributed by atoms with van der Waals surface area (Å²) in [5.41, 5.74) is 4.72. The lowest BCUT2D eigenvalue weighted by Gasteiger charge is -2.36. The number of nitrogens with zero attached hydrogens (tertiary/aromatic N) is 3. The maximum Gasteiger partial charge on any atom is 0.240 e. The highest BCUT2D eigenvalue weighted by Crippen LogP contribution is 2.33. The second-order valence-corrected chi connectivity index (χ2v) is 10.6. The van der Waals surface area contributed by atoms with Gasteiger partial charge in [-0.2, -0.15) is 0 Å². The fraction of sp³-hybridized carbons (Fsp3) is 0.379. The highest BCUT2D eigenvalue weighted by atomic mass is 32.2. The number of hydrogen-bond acceptors (Lipinski definition) is 6. The average molecular weight is 503 g/mol. The van der Waals surface area contributed by atoms with Crippen LogP contribution in [0.25, 0.3) is 0 Å². The molecule has 2 aliphatic heterocycles. The minimum absolute atomic E-state index is 0.0756. The molecule has 3 aromatic rings. The van der Waals surface area contributed by atoms with Crippen LogP contribution in [-0.2, 0) is 9.53 Å². The van der Waals surface area contributed by atoms with Gasteiger partial charge in [-0.05, 0) is 29.7 Å².